The summed E-state index contributed by atoms with van der Waals surface area (Å²) in [5, 5.41) is 5.96. The van der Waals surface area contributed by atoms with Crippen LogP contribution in [0, 0.1) is 6.92 Å². The van der Waals surface area contributed by atoms with Crippen LogP contribution in [-0.2, 0) is 11.3 Å². The maximum atomic E-state index is 5.50. The summed E-state index contributed by atoms with van der Waals surface area (Å²) in [5.74, 6) is 0. The quantitative estimate of drug-likeness (QED) is 0.494. The minimum Gasteiger partial charge on any atom is -0.379 e. The van der Waals surface area contributed by atoms with Crippen molar-refractivity contribution >= 4 is 26.7 Å². The first kappa shape index (κ1) is 21.4. The van der Waals surface area contributed by atoms with Crippen LogP contribution in [0.25, 0.3) is 10.2 Å². The molecule has 2 aromatic carbocycles. The number of para-hydroxylation sites is 1. The van der Waals surface area contributed by atoms with Gasteiger partial charge in [0.25, 0.3) is 0 Å². The topological polar surface area (TPSA) is 31.8 Å². The molecule has 6 heteroatoms. The van der Waals surface area contributed by atoms with Gasteiger partial charge < -0.3 is 4.74 Å². The summed E-state index contributed by atoms with van der Waals surface area (Å²) in [7, 11) is 0. The number of aromatic nitrogens is 1. The number of ether oxygens (including phenoxy) is 1. The molecule has 3 heterocycles. The SMILES string of the molecule is CC1=C(CCCN2CCOCC2)N(Cc2ccc(C)cc2)N(c2nc3ccccc3s2)C1. The number of allylic oxidation sites excluding steroid dienone is 1. The zero-order valence-corrected chi connectivity index (χ0v) is 19.9. The molecule has 1 fully saturated rings. The molecule has 0 aliphatic carbocycles. The molecule has 168 valence electrons. The zero-order chi connectivity index (χ0) is 21.9. The van der Waals surface area contributed by atoms with E-state index >= 15 is 0 Å². The summed E-state index contributed by atoms with van der Waals surface area (Å²) in [6.07, 6.45) is 2.27. The molecule has 2 aliphatic heterocycles. The Balaban J connectivity index is 1.37. The molecule has 32 heavy (non-hydrogen) atoms. The van der Waals surface area contributed by atoms with Crippen LogP contribution in [0.5, 0.6) is 0 Å². The van der Waals surface area contributed by atoms with Crippen molar-refractivity contribution in [1.29, 1.82) is 0 Å². The van der Waals surface area contributed by atoms with Gasteiger partial charge in [0.1, 0.15) is 0 Å². The predicted molar refractivity (Wildman–Crippen MR) is 133 cm³/mol. The molecule has 5 nitrogen and oxygen atoms in total. The summed E-state index contributed by atoms with van der Waals surface area (Å²) in [6.45, 7) is 11.2. The molecule has 0 bridgehead atoms. The number of benzene rings is 2. The third-order valence-corrected chi connectivity index (χ3v) is 7.48. The molecule has 0 radical (unpaired) electrons. The molecule has 1 saturated heterocycles. The third-order valence-electron chi connectivity index (χ3n) is 6.43. The van der Waals surface area contributed by atoms with Gasteiger partial charge in [0, 0.05) is 18.8 Å². The molecule has 5 rings (SSSR count). The monoisotopic (exact) mass is 448 g/mol. The van der Waals surface area contributed by atoms with E-state index in [0.717, 1.165) is 63.0 Å². The first-order chi connectivity index (χ1) is 15.7. The third kappa shape index (κ3) is 4.68. The van der Waals surface area contributed by atoms with Crippen molar-refractivity contribution in [2.45, 2.75) is 33.2 Å². The van der Waals surface area contributed by atoms with Crippen molar-refractivity contribution in [1.82, 2.24) is 14.9 Å². The minimum atomic E-state index is 0.868. The maximum absolute atomic E-state index is 5.50. The van der Waals surface area contributed by atoms with Gasteiger partial charge in [0.2, 0.25) is 5.13 Å². The fourth-order valence-corrected chi connectivity index (χ4v) is 5.57. The van der Waals surface area contributed by atoms with Gasteiger partial charge in [-0.15, -0.1) is 0 Å². The van der Waals surface area contributed by atoms with Crippen LogP contribution in [-0.4, -0.2) is 54.3 Å². The molecule has 0 atom stereocenters. The number of aryl methyl sites for hydroxylation is 1. The van der Waals surface area contributed by atoms with E-state index in [1.54, 1.807) is 11.3 Å². The Hall–Kier alpha value is -2.41. The first-order valence-electron chi connectivity index (χ1n) is 11.6. The van der Waals surface area contributed by atoms with Crippen molar-refractivity contribution in [3.05, 3.63) is 70.9 Å². The van der Waals surface area contributed by atoms with E-state index in [0.29, 0.717) is 0 Å². The van der Waals surface area contributed by atoms with Gasteiger partial charge in [-0.1, -0.05) is 53.3 Å². The van der Waals surface area contributed by atoms with Crippen LogP contribution in [0.4, 0.5) is 5.13 Å². The summed E-state index contributed by atoms with van der Waals surface area (Å²) in [4.78, 5) is 7.51. The van der Waals surface area contributed by atoms with Crippen molar-refractivity contribution < 1.29 is 4.74 Å². The van der Waals surface area contributed by atoms with Gasteiger partial charge in [0.15, 0.2) is 0 Å². The normalized spacial score (nSPS) is 17.7. The van der Waals surface area contributed by atoms with E-state index in [1.807, 2.05) is 0 Å². The van der Waals surface area contributed by atoms with Crippen LogP contribution >= 0.6 is 11.3 Å². The van der Waals surface area contributed by atoms with Crippen LogP contribution in [0.2, 0.25) is 0 Å². The second-order valence-corrected chi connectivity index (χ2v) is 9.86. The Bertz CT molecular complexity index is 1050. The molecule has 0 unspecified atom stereocenters. The number of hydrazine groups is 1. The fourth-order valence-electron chi connectivity index (χ4n) is 4.59. The number of fused-ring (bicyclic) bond motifs is 1. The Morgan fingerprint density at radius 2 is 1.78 bits per heavy atom. The highest BCUT2D eigenvalue weighted by molar-refractivity contribution is 7.22. The molecule has 0 saturated carbocycles. The van der Waals surface area contributed by atoms with Crippen LogP contribution in [0.1, 0.15) is 30.9 Å². The minimum absolute atomic E-state index is 0.868. The Labute approximate surface area is 194 Å². The number of anilines is 1. The second kappa shape index (κ2) is 9.61. The molecular weight excluding hydrogens is 416 g/mol. The lowest BCUT2D eigenvalue weighted by Gasteiger charge is -2.33. The smallest absolute Gasteiger partial charge is 0.205 e. The Morgan fingerprint density at radius 1 is 1.00 bits per heavy atom. The van der Waals surface area contributed by atoms with E-state index in [9.17, 15) is 0 Å². The van der Waals surface area contributed by atoms with Crippen molar-refractivity contribution in [3.8, 4) is 0 Å². The van der Waals surface area contributed by atoms with Crippen LogP contribution < -0.4 is 5.01 Å². The number of morpholine rings is 1. The maximum Gasteiger partial charge on any atom is 0.205 e. The molecule has 0 N–H and O–H groups in total. The van der Waals surface area contributed by atoms with Crippen molar-refractivity contribution in [2.24, 2.45) is 0 Å². The number of hydrogen-bond acceptors (Lipinski definition) is 6. The van der Waals surface area contributed by atoms with Crippen LogP contribution in [0.15, 0.2) is 59.8 Å². The van der Waals surface area contributed by atoms with Crippen molar-refractivity contribution in [3.63, 3.8) is 0 Å². The van der Waals surface area contributed by atoms with Gasteiger partial charge in [-0.2, -0.15) is 0 Å². The van der Waals surface area contributed by atoms with Gasteiger partial charge in [-0.05, 0) is 56.5 Å². The molecule has 2 aliphatic rings. The Morgan fingerprint density at radius 3 is 2.56 bits per heavy atom. The lowest BCUT2D eigenvalue weighted by atomic mass is 10.1. The highest BCUT2D eigenvalue weighted by Crippen LogP contribution is 2.37. The highest BCUT2D eigenvalue weighted by Gasteiger charge is 2.30. The lowest BCUT2D eigenvalue weighted by Crippen LogP contribution is -2.38. The molecule has 3 aromatic rings. The summed E-state index contributed by atoms with van der Waals surface area (Å²) >= 11 is 1.79. The first-order valence-corrected chi connectivity index (χ1v) is 12.4. The van der Waals surface area contributed by atoms with Crippen LogP contribution in [0.3, 0.4) is 0 Å². The van der Waals surface area contributed by atoms with E-state index in [-0.39, 0.29) is 0 Å². The van der Waals surface area contributed by atoms with Gasteiger partial charge >= 0.3 is 0 Å². The average Bonchev–Trinajstić information content (AvgIpc) is 3.37. The second-order valence-electron chi connectivity index (χ2n) is 8.85. The molecule has 1 aromatic heterocycles. The predicted octanol–water partition coefficient (Wildman–Crippen LogP) is 5.23. The average molecular weight is 449 g/mol. The number of thiazole rings is 1. The summed E-state index contributed by atoms with van der Waals surface area (Å²) < 4.78 is 6.75. The summed E-state index contributed by atoms with van der Waals surface area (Å²) in [5.41, 5.74) is 6.63. The molecule has 0 spiro atoms. The van der Waals surface area contributed by atoms with E-state index in [2.05, 4.69) is 77.3 Å². The van der Waals surface area contributed by atoms with Gasteiger partial charge in [0.05, 0.1) is 36.5 Å². The summed E-state index contributed by atoms with van der Waals surface area (Å²) in [6, 6.07) is 17.4. The van der Waals surface area contributed by atoms with E-state index < -0.39 is 0 Å². The van der Waals surface area contributed by atoms with E-state index in [4.69, 9.17) is 9.72 Å². The highest BCUT2D eigenvalue weighted by atomic mass is 32.1. The molecule has 0 amide bonds. The largest absolute Gasteiger partial charge is 0.379 e. The van der Waals surface area contributed by atoms with Crippen molar-refractivity contribution in [2.75, 3.05) is 44.4 Å². The number of hydrogen-bond donors (Lipinski definition) is 0. The van der Waals surface area contributed by atoms with Gasteiger partial charge in [-0.3, -0.25) is 14.9 Å². The lowest BCUT2D eigenvalue weighted by molar-refractivity contribution is 0.0372. The number of nitrogens with zero attached hydrogens (tertiary/aromatic N) is 4. The fraction of sp³-hybridized carbons (Fsp3) is 0.423. The standard InChI is InChI=1S/C26H32N4OS/c1-20-9-11-22(12-10-20)19-29-24(7-5-13-28-14-16-31-17-15-28)21(2)18-30(29)26-27-23-6-3-4-8-25(23)32-26/h3-4,6,8-12H,5,7,13-19H2,1-2H3. The Kier molecular flexibility index (Phi) is 6.44. The van der Waals surface area contributed by atoms with Gasteiger partial charge in [-0.25, -0.2) is 4.98 Å². The molecular formula is C26H32N4OS. The zero-order valence-electron chi connectivity index (χ0n) is 19.1. The van der Waals surface area contributed by atoms with E-state index in [1.165, 1.54) is 33.5 Å². The number of rotatable bonds is 7.